The van der Waals surface area contributed by atoms with Gasteiger partial charge < -0.3 is 19.7 Å². The van der Waals surface area contributed by atoms with Crippen LogP contribution in [0.4, 0.5) is 0 Å². The van der Waals surface area contributed by atoms with Crippen molar-refractivity contribution in [3.05, 3.63) is 0 Å². The molecule has 4 heteroatoms. The second kappa shape index (κ2) is 6.56. The van der Waals surface area contributed by atoms with E-state index in [-0.39, 0.29) is 17.6 Å². The second-order valence-electron chi connectivity index (χ2n) is 10.7. The van der Waals surface area contributed by atoms with Crippen LogP contribution in [0.1, 0.15) is 79.6 Å². The topological polar surface area (TPSA) is 66.8 Å². The number of aliphatic hydroxyl groups is 2. The Bertz CT molecular complexity index is 541. The van der Waals surface area contributed by atoms with E-state index < -0.39 is 11.0 Å². The fourth-order valence-electron chi connectivity index (χ4n) is 6.86. The van der Waals surface area contributed by atoms with Crippen molar-refractivity contribution in [2.45, 2.75) is 96.9 Å². The zero-order valence-electron chi connectivity index (χ0n) is 17.3. The number of hydrogen-bond acceptors (Lipinski definition) is 4. The minimum atomic E-state index is -1.14. The average Bonchev–Trinajstić information content (AvgIpc) is 2.86. The van der Waals surface area contributed by atoms with Gasteiger partial charge in [-0.1, -0.05) is 13.8 Å². The summed E-state index contributed by atoms with van der Waals surface area (Å²) < 4.78 is 6.47. The van der Waals surface area contributed by atoms with Gasteiger partial charge in [-0.2, -0.15) is 0 Å². The van der Waals surface area contributed by atoms with E-state index in [1.165, 1.54) is 6.42 Å². The standard InChI is InChI=1S/C22H38O4/c1-19(2,3)26-18-7-6-16-15-8-11-22(25,14-24)21(5,12-13-23)17(15)9-10-20(16,18)4/h13,15-18,24-25H,6-12,14H2,1-5H3/t15-,16-,17-,18?,20-,21+,22+/m0/s1. The van der Waals surface area contributed by atoms with E-state index in [0.29, 0.717) is 36.7 Å². The highest BCUT2D eigenvalue weighted by Crippen LogP contribution is 2.65. The summed E-state index contributed by atoms with van der Waals surface area (Å²) in [4.78, 5) is 11.4. The van der Waals surface area contributed by atoms with E-state index in [4.69, 9.17) is 4.74 Å². The predicted octanol–water partition coefficient (Wildman–Crippen LogP) is 3.73. The monoisotopic (exact) mass is 366 g/mol. The smallest absolute Gasteiger partial charge is 0.120 e. The van der Waals surface area contributed by atoms with E-state index >= 15 is 0 Å². The predicted molar refractivity (Wildman–Crippen MR) is 102 cm³/mol. The zero-order valence-corrected chi connectivity index (χ0v) is 17.3. The van der Waals surface area contributed by atoms with Crippen molar-refractivity contribution >= 4 is 6.29 Å². The summed E-state index contributed by atoms with van der Waals surface area (Å²) in [5, 5.41) is 21.1. The quantitative estimate of drug-likeness (QED) is 0.744. The lowest BCUT2D eigenvalue weighted by atomic mass is 9.46. The number of rotatable bonds is 4. The molecule has 0 heterocycles. The van der Waals surface area contributed by atoms with E-state index in [9.17, 15) is 15.0 Å². The number of carbonyl (C=O) groups excluding carboxylic acids is 1. The van der Waals surface area contributed by atoms with Crippen molar-refractivity contribution in [3.63, 3.8) is 0 Å². The van der Waals surface area contributed by atoms with Crippen LogP contribution in [-0.2, 0) is 9.53 Å². The molecule has 0 spiro atoms. The van der Waals surface area contributed by atoms with Gasteiger partial charge in [-0.05, 0) is 82.5 Å². The SMILES string of the molecule is CC(C)(C)OC1CC[C@H]2[C@@H]3CC[C@@](O)(CO)[C@](C)(CC=O)[C@H]3CC[C@]12C. The molecule has 2 N–H and O–H groups in total. The number of ether oxygens (including phenoxy) is 1. The van der Waals surface area contributed by atoms with Gasteiger partial charge in [-0.3, -0.25) is 0 Å². The van der Waals surface area contributed by atoms with Crippen molar-refractivity contribution in [3.8, 4) is 0 Å². The third kappa shape index (κ3) is 2.97. The first kappa shape index (κ1) is 20.3. The van der Waals surface area contributed by atoms with Crippen LogP contribution in [0.15, 0.2) is 0 Å². The summed E-state index contributed by atoms with van der Waals surface area (Å²) in [5.41, 5.74) is -1.61. The first-order valence-corrected chi connectivity index (χ1v) is 10.5. The molecule has 4 nitrogen and oxygen atoms in total. The van der Waals surface area contributed by atoms with Crippen molar-refractivity contribution in [1.82, 2.24) is 0 Å². The van der Waals surface area contributed by atoms with Crippen LogP contribution in [0.3, 0.4) is 0 Å². The van der Waals surface area contributed by atoms with Crippen molar-refractivity contribution in [2.75, 3.05) is 6.61 Å². The normalized spacial score (nSPS) is 48.7. The summed E-state index contributed by atoms with van der Waals surface area (Å²) in [7, 11) is 0. The molecule has 0 saturated heterocycles. The fourth-order valence-corrected chi connectivity index (χ4v) is 6.86. The van der Waals surface area contributed by atoms with Gasteiger partial charge in [0.2, 0.25) is 0 Å². The highest BCUT2D eigenvalue weighted by atomic mass is 16.5. The Morgan fingerprint density at radius 3 is 2.35 bits per heavy atom. The van der Waals surface area contributed by atoms with Gasteiger partial charge in [0.05, 0.1) is 23.9 Å². The summed E-state index contributed by atoms with van der Waals surface area (Å²) in [6.07, 6.45) is 7.47. The molecule has 0 amide bonds. The van der Waals surface area contributed by atoms with Crippen LogP contribution < -0.4 is 0 Å². The molecule has 7 atom stereocenters. The van der Waals surface area contributed by atoms with Gasteiger partial charge >= 0.3 is 0 Å². The Hall–Kier alpha value is -0.450. The molecule has 3 aliphatic rings. The number of hydrogen-bond donors (Lipinski definition) is 2. The Labute approximate surface area is 158 Å². The molecule has 3 rings (SSSR count). The molecule has 0 aliphatic heterocycles. The number of fused-ring (bicyclic) bond motifs is 3. The van der Waals surface area contributed by atoms with Gasteiger partial charge in [0.1, 0.15) is 6.29 Å². The molecular formula is C22H38O4. The summed E-state index contributed by atoms with van der Waals surface area (Å²) in [5.74, 6) is 1.40. The molecule has 0 aromatic heterocycles. The lowest BCUT2D eigenvalue weighted by Gasteiger charge is -2.61. The average molecular weight is 367 g/mol. The third-order valence-corrected chi connectivity index (χ3v) is 8.39. The van der Waals surface area contributed by atoms with E-state index in [0.717, 1.165) is 32.0 Å². The zero-order chi connectivity index (χ0) is 19.4. The molecular weight excluding hydrogens is 328 g/mol. The summed E-state index contributed by atoms with van der Waals surface area (Å²) in [6.45, 7) is 10.6. The van der Waals surface area contributed by atoms with E-state index in [1.54, 1.807) is 0 Å². The first-order chi connectivity index (χ1) is 12.0. The number of aliphatic hydroxyl groups excluding tert-OH is 1. The largest absolute Gasteiger partial charge is 0.393 e. The Morgan fingerprint density at radius 1 is 1.08 bits per heavy atom. The molecule has 3 saturated carbocycles. The summed E-state index contributed by atoms with van der Waals surface area (Å²) >= 11 is 0. The van der Waals surface area contributed by atoms with Gasteiger partial charge in [0.15, 0.2) is 0 Å². The molecule has 0 aromatic carbocycles. The van der Waals surface area contributed by atoms with Crippen molar-refractivity contribution in [1.29, 1.82) is 0 Å². The second-order valence-corrected chi connectivity index (χ2v) is 10.7. The maximum atomic E-state index is 11.4. The maximum Gasteiger partial charge on any atom is 0.120 e. The van der Waals surface area contributed by atoms with E-state index in [1.807, 2.05) is 6.92 Å². The van der Waals surface area contributed by atoms with Crippen LogP contribution in [0.2, 0.25) is 0 Å². The maximum absolute atomic E-state index is 11.4. The van der Waals surface area contributed by atoms with Gasteiger partial charge in [-0.15, -0.1) is 0 Å². The van der Waals surface area contributed by atoms with Gasteiger partial charge in [-0.25, -0.2) is 0 Å². The minimum Gasteiger partial charge on any atom is -0.393 e. The highest BCUT2D eigenvalue weighted by molar-refractivity contribution is 5.51. The Kier molecular flexibility index (Phi) is 5.12. The Balaban J connectivity index is 1.89. The van der Waals surface area contributed by atoms with Gasteiger partial charge in [0, 0.05) is 11.8 Å². The Morgan fingerprint density at radius 2 is 1.77 bits per heavy atom. The molecule has 0 bridgehead atoms. The molecule has 1 unspecified atom stereocenters. The molecule has 0 aromatic rings. The molecule has 26 heavy (non-hydrogen) atoms. The van der Waals surface area contributed by atoms with Crippen LogP contribution in [0.25, 0.3) is 0 Å². The molecule has 3 fully saturated rings. The minimum absolute atomic E-state index is 0.130. The molecule has 0 radical (unpaired) electrons. The van der Waals surface area contributed by atoms with Crippen LogP contribution >= 0.6 is 0 Å². The van der Waals surface area contributed by atoms with Crippen LogP contribution in [0.5, 0.6) is 0 Å². The van der Waals surface area contributed by atoms with Crippen molar-refractivity contribution < 1.29 is 19.7 Å². The number of carbonyl (C=O) groups is 1. The molecule has 150 valence electrons. The van der Waals surface area contributed by atoms with Crippen molar-refractivity contribution in [2.24, 2.45) is 28.6 Å². The highest BCUT2D eigenvalue weighted by Gasteiger charge is 2.63. The third-order valence-electron chi connectivity index (χ3n) is 8.39. The fraction of sp³-hybridized carbons (Fsp3) is 0.955. The lowest BCUT2D eigenvalue weighted by molar-refractivity contribution is -0.210. The summed E-state index contributed by atoms with van der Waals surface area (Å²) in [6, 6.07) is 0. The van der Waals surface area contributed by atoms with Crippen LogP contribution in [-0.4, -0.2) is 40.4 Å². The van der Waals surface area contributed by atoms with Gasteiger partial charge in [0.25, 0.3) is 0 Å². The number of aldehydes is 1. The lowest BCUT2D eigenvalue weighted by Crippen LogP contribution is -2.62. The van der Waals surface area contributed by atoms with E-state index in [2.05, 4.69) is 27.7 Å². The molecule has 3 aliphatic carbocycles. The first-order valence-electron chi connectivity index (χ1n) is 10.5. The van der Waals surface area contributed by atoms with Crippen LogP contribution in [0, 0.1) is 28.6 Å².